The molecule has 49 heavy (non-hydrogen) atoms. The van der Waals surface area contributed by atoms with Gasteiger partial charge in [0.2, 0.25) is 11.8 Å². The minimum atomic E-state index is -4.43. The summed E-state index contributed by atoms with van der Waals surface area (Å²) >= 11 is 0. The Bertz CT molecular complexity index is 1650. The van der Waals surface area contributed by atoms with Crippen LogP contribution in [0.4, 0.5) is 18.9 Å². The Labute approximate surface area is 283 Å². The van der Waals surface area contributed by atoms with Crippen LogP contribution < -0.4 is 19.7 Å². The maximum Gasteiger partial charge on any atom is 0.416 e. The Morgan fingerprint density at radius 3 is 2.22 bits per heavy atom. The van der Waals surface area contributed by atoms with E-state index in [0.717, 1.165) is 51.0 Å². The molecule has 0 spiro atoms. The molecular formula is C36H40F3N5O5. The summed E-state index contributed by atoms with van der Waals surface area (Å²) in [5, 5.41) is 3.12. The largest absolute Gasteiger partial charge is 0.476 e. The van der Waals surface area contributed by atoms with Gasteiger partial charge in [-0.15, -0.1) is 0 Å². The number of alkyl halides is 3. The number of amides is 2. The summed E-state index contributed by atoms with van der Waals surface area (Å²) in [6.45, 7) is 7.11. The topological polar surface area (TPSA) is 110 Å². The van der Waals surface area contributed by atoms with E-state index in [1.54, 1.807) is 41.3 Å². The Morgan fingerprint density at radius 1 is 0.939 bits per heavy atom. The molecule has 260 valence electrons. The van der Waals surface area contributed by atoms with Crippen LogP contribution in [0, 0.1) is 0 Å². The maximum absolute atomic E-state index is 13.6. The summed E-state index contributed by atoms with van der Waals surface area (Å²) in [6.07, 6.45) is 1.37. The van der Waals surface area contributed by atoms with Gasteiger partial charge in [0.15, 0.2) is 11.4 Å². The molecule has 0 unspecified atom stereocenters. The lowest BCUT2D eigenvalue weighted by Crippen LogP contribution is -2.45. The number of unbranched alkanes of at least 4 members (excludes halogenated alkanes) is 1. The van der Waals surface area contributed by atoms with Gasteiger partial charge in [-0.25, -0.2) is 0 Å². The number of rotatable bonds is 14. The summed E-state index contributed by atoms with van der Waals surface area (Å²) < 4.78 is 56.1. The van der Waals surface area contributed by atoms with E-state index in [9.17, 15) is 22.8 Å². The van der Waals surface area contributed by atoms with Crippen molar-refractivity contribution in [3.05, 3.63) is 90.1 Å². The quantitative estimate of drug-likeness (QED) is 0.144. The minimum absolute atomic E-state index is 0.0297. The number of aromatic nitrogens is 2. The lowest BCUT2D eigenvalue weighted by Gasteiger charge is -2.32. The monoisotopic (exact) mass is 679 g/mol. The van der Waals surface area contributed by atoms with E-state index in [1.807, 2.05) is 13.8 Å². The fraction of sp³-hybridized carbons (Fsp3) is 0.389. The first-order valence-corrected chi connectivity index (χ1v) is 16.4. The van der Waals surface area contributed by atoms with E-state index in [2.05, 4.69) is 20.2 Å². The molecule has 0 atom stereocenters. The predicted molar refractivity (Wildman–Crippen MR) is 178 cm³/mol. The molecule has 1 fully saturated rings. The van der Waals surface area contributed by atoms with Crippen molar-refractivity contribution in [1.82, 2.24) is 20.2 Å². The summed E-state index contributed by atoms with van der Waals surface area (Å²) in [5.74, 6) is 0.0925. The van der Waals surface area contributed by atoms with E-state index >= 15 is 0 Å². The zero-order valence-electron chi connectivity index (χ0n) is 27.5. The lowest BCUT2D eigenvalue weighted by molar-refractivity contribution is -0.137. The first kappa shape index (κ1) is 35.4. The molecule has 5 rings (SSSR count). The minimum Gasteiger partial charge on any atom is -0.476 e. The van der Waals surface area contributed by atoms with E-state index < -0.39 is 11.7 Å². The van der Waals surface area contributed by atoms with Crippen molar-refractivity contribution in [1.29, 1.82) is 0 Å². The molecule has 1 aliphatic rings. The average molecular weight is 680 g/mol. The predicted octanol–water partition coefficient (Wildman–Crippen LogP) is 6.87. The van der Waals surface area contributed by atoms with Gasteiger partial charge in [-0.2, -0.15) is 23.1 Å². The summed E-state index contributed by atoms with van der Waals surface area (Å²) in [7, 11) is 0. The number of hydrogen-bond donors (Lipinski definition) is 1. The zero-order chi connectivity index (χ0) is 34.8. The molecule has 2 aromatic carbocycles. The molecule has 10 nitrogen and oxygen atoms in total. The molecular weight excluding hydrogens is 639 g/mol. The Morgan fingerprint density at radius 2 is 1.61 bits per heavy atom. The number of carbonyl (C=O) groups is 2. The van der Waals surface area contributed by atoms with Gasteiger partial charge >= 0.3 is 6.18 Å². The van der Waals surface area contributed by atoms with Crippen molar-refractivity contribution in [3.63, 3.8) is 0 Å². The van der Waals surface area contributed by atoms with Crippen LogP contribution in [0.15, 0.2) is 77.7 Å². The third kappa shape index (κ3) is 8.96. The number of likely N-dealkylation sites (tertiary alicyclic amines) is 1. The standard InChI is InChI=1S/C36H40F3N5O5/c1-3-47-33-31(34(48-4-2)41-24-40-33)44(35(46)30-12-9-23-49-30)20-8-7-19-43-21-17-27(18-22-43)42-32(45)29-11-6-5-10-28(29)25-13-15-26(16-14-25)36(37,38)39/h5-6,9-16,23-24,27H,3-4,7-8,17-22H2,1-2H3,(H,42,45). The van der Waals surface area contributed by atoms with Gasteiger partial charge in [0.25, 0.3) is 11.8 Å². The van der Waals surface area contributed by atoms with E-state index in [1.165, 1.54) is 24.7 Å². The maximum atomic E-state index is 13.6. The van der Waals surface area contributed by atoms with Crippen molar-refractivity contribution in [2.75, 3.05) is 44.3 Å². The first-order valence-electron chi connectivity index (χ1n) is 16.4. The van der Waals surface area contributed by atoms with Gasteiger partial charge in [0.05, 0.1) is 25.0 Å². The van der Waals surface area contributed by atoms with Gasteiger partial charge in [-0.3, -0.25) is 14.5 Å². The first-order chi connectivity index (χ1) is 23.7. The van der Waals surface area contributed by atoms with Crippen LogP contribution in [0.2, 0.25) is 0 Å². The highest BCUT2D eigenvalue weighted by atomic mass is 19.4. The van der Waals surface area contributed by atoms with Crippen molar-refractivity contribution in [2.24, 2.45) is 0 Å². The van der Waals surface area contributed by atoms with Crippen molar-refractivity contribution in [3.8, 4) is 22.9 Å². The molecule has 0 bridgehead atoms. The number of benzene rings is 2. The Balaban J connectivity index is 1.15. The second-order valence-corrected chi connectivity index (χ2v) is 11.5. The highest BCUT2D eigenvalue weighted by molar-refractivity contribution is 6.05. The van der Waals surface area contributed by atoms with Gasteiger partial charge < -0.3 is 24.1 Å². The number of halogens is 3. The van der Waals surface area contributed by atoms with Crippen molar-refractivity contribution in [2.45, 2.75) is 51.7 Å². The Hall–Kier alpha value is -4.91. The number of anilines is 1. The molecule has 1 saturated heterocycles. The number of piperidine rings is 1. The third-order valence-electron chi connectivity index (χ3n) is 8.29. The average Bonchev–Trinajstić information content (AvgIpc) is 3.65. The summed E-state index contributed by atoms with van der Waals surface area (Å²) in [5.41, 5.74) is 1.17. The molecule has 13 heteroatoms. The summed E-state index contributed by atoms with van der Waals surface area (Å²) in [6, 6.07) is 15.0. The van der Waals surface area contributed by atoms with Crippen LogP contribution in [-0.4, -0.2) is 72.1 Å². The zero-order valence-corrected chi connectivity index (χ0v) is 27.5. The lowest BCUT2D eigenvalue weighted by atomic mass is 9.97. The fourth-order valence-corrected chi connectivity index (χ4v) is 5.85. The van der Waals surface area contributed by atoms with Crippen LogP contribution in [0.1, 0.15) is 66.0 Å². The molecule has 1 aliphatic heterocycles. The second-order valence-electron chi connectivity index (χ2n) is 11.5. The van der Waals surface area contributed by atoms with Crippen molar-refractivity contribution < 1.29 is 36.7 Å². The van der Waals surface area contributed by atoms with Crippen LogP contribution in [0.25, 0.3) is 11.1 Å². The number of furan rings is 1. The number of nitrogens with one attached hydrogen (secondary N) is 1. The second kappa shape index (κ2) is 16.5. The third-order valence-corrected chi connectivity index (χ3v) is 8.29. The van der Waals surface area contributed by atoms with E-state index in [-0.39, 0.29) is 35.4 Å². The molecule has 2 amide bonds. The van der Waals surface area contributed by atoms with E-state index in [0.29, 0.717) is 48.6 Å². The van der Waals surface area contributed by atoms with Crippen LogP contribution >= 0.6 is 0 Å². The molecule has 0 aliphatic carbocycles. The number of ether oxygens (including phenoxy) is 2. The van der Waals surface area contributed by atoms with Gasteiger partial charge in [-0.1, -0.05) is 30.3 Å². The number of hydrogen-bond acceptors (Lipinski definition) is 8. The molecule has 0 saturated carbocycles. The smallest absolute Gasteiger partial charge is 0.416 e. The van der Waals surface area contributed by atoms with Gasteiger partial charge in [-0.05, 0) is 87.5 Å². The van der Waals surface area contributed by atoms with Gasteiger partial charge in [0, 0.05) is 31.2 Å². The van der Waals surface area contributed by atoms with Crippen LogP contribution in [0.3, 0.4) is 0 Å². The molecule has 2 aromatic heterocycles. The highest BCUT2D eigenvalue weighted by Crippen LogP contribution is 2.36. The van der Waals surface area contributed by atoms with Crippen molar-refractivity contribution >= 4 is 17.5 Å². The van der Waals surface area contributed by atoms with E-state index in [4.69, 9.17) is 13.9 Å². The fourth-order valence-electron chi connectivity index (χ4n) is 5.85. The number of nitrogens with zero attached hydrogens (tertiary/aromatic N) is 4. The Kier molecular flexibility index (Phi) is 11.9. The normalized spacial score (nSPS) is 14.0. The van der Waals surface area contributed by atoms with Gasteiger partial charge in [0.1, 0.15) is 6.33 Å². The molecule has 0 radical (unpaired) electrons. The highest BCUT2D eigenvalue weighted by Gasteiger charge is 2.31. The van der Waals surface area contributed by atoms with Crippen LogP contribution in [0.5, 0.6) is 11.8 Å². The summed E-state index contributed by atoms with van der Waals surface area (Å²) in [4.78, 5) is 39.3. The molecule has 1 N–H and O–H groups in total. The molecule has 3 heterocycles. The van der Waals surface area contributed by atoms with Crippen LogP contribution in [-0.2, 0) is 6.18 Å². The SMILES string of the molecule is CCOc1ncnc(OCC)c1N(CCCCN1CCC(NC(=O)c2ccccc2-c2ccc(C(F)(F)F)cc2)CC1)C(=O)c1ccco1. The number of carbonyl (C=O) groups excluding carboxylic acids is 2. The molecule has 4 aromatic rings.